The summed E-state index contributed by atoms with van der Waals surface area (Å²) in [6.07, 6.45) is -1.14. The quantitative estimate of drug-likeness (QED) is 0.343. The third-order valence-electron chi connectivity index (χ3n) is 4.71. The van der Waals surface area contributed by atoms with Crippen molar-refractivity contribution in [3.8, 4) is 0 Å². The Morgan fingerprint density at radius 1 is 0.815 bits per heavy atom. The lowest BCUT2D eigenvalue weighted by Crippen LogP contribution is -2.35. The molecule has 2 aliphatic rings. The summed E-state index contributed by atoms with van der Waals surface area (Å²) >= 11 is 0. The van der Waals surface area contributed by atoms with Crippen LogP contribution in [0.5, 0.6) is 0 Å². The Hall–Kier alpha value is -0.770. The topological polar surface area (TPSA) is 150 Å². The minimum absolute atomic E-state index is 0.0156. The van der Waals surface area contributed by atoms with Gasteiger partial charge in [-0.05, 0) is 19.3 Å². The molecular weight excluding hydrogens is 354 g/mol. The van der Waals surface area contributed by atoms with Crippen LogP contribution >= 0.6 is 0 Å². The fourth-order valence-corrected chi connectivity index (χ4v) is 3.13. The highest BCUT2D eigenvalue weighted by Gasteiger charge is 2.40. The largest absolute Gasteiger partial charge is 0.396 e. The maximum atomic E-state index is 10.6. The summed E-state index contributed by atoms with van der Waals surface area (Å²) < 4.78 is 0. The van der Waals surface area contributed by atoms with Crippen LogP contribution in [-0.2, 0) is 4.79 Å². The van der Waals surface area contributed by atoms with Crippen molar-refractivity contribution in [2.45, 2.75) is 78.3 Å². The summed E-state index contributed by atoms with van der Waals surface area (Å²) in [6, 6.07) is 0. The molecule has 0 aromatic carbocycles. The van der Waals surface area contributed by atoms with Gasteiger partial charge in [0.1, 0.15) is 0 Å². The molecule has 7 N–H and O–H groups in total. The van der Waals surface area contributed by atoms with Gasteiger partial charge in [0.25, 0.3) is 0 Å². The molecule has 0 heterocycles. The summed E-state index contributed by atoms with van der Waals surface area (Å²) in [5.74, 6) is -0.686. The zero-order valence-corrected chi connectivity index (χ0v) is 17.4. The third kappa shape index (κ3) is 9.82. The molecule has 7 atom stereocenters. The molecule has 2 fully saturated rings. The van der Waals surface area contributed by atoms with Gasteiger partial charge in [0.15, 0.2) is 0 Å². The molecule has 0 unspecified atom stereocenters. The molecule has 2 saturated carbocycles. The molecule has 164 valence electrons. The molecule has 0 saturated heterocycles. The Morgan fingerprint density at radius 3 is 1.59 bits per heavy atom. The Morgan fingerprint density at radius 2 is 1.30 bits per heavy atom. The average Bonchev–Trinajstić information content (AvgIpc) is 3.16. The molecule has 0 spiro atoms. The lowest BCUT2D eigenvalue weighted by molar-refractivity contribution is -0.119. The molecule has 0 aromatic rings. The van der Waals surface area contributed by atoms with E-state index in [1.807, 2.05) is 27.7 Å². The van der Waals surface area contributed by atoms with Crippen LogP contribution in [0.2, 0.25) is 0 Å². The van der Waals surface area contributed by atoms with Gasteiger partial charge in [-0.25, -0.2) is 0 Å². The summed E-state index contributed by atoms with van der Waals surface area (Å²) in [6.45, 7) is 9.61. The molecule has 0 aliphatic heterocycles. The van der Waals surface area contributed by atoms with Crippen LogP contribution in [0.1, 0.15) is 53.9 Å². The highest BCUT2D eigenvalue weighted by Crippen LogP contribution is 2.31. The second-order valence-electron chi connectivity index (χ2n) is 6.43. The van der Waals surface area contributed by atoms with Gasteiger partial charge in [-0.1, -0.05) is 27.7 Å². The first-order chi connectivity index (χ1) is 12.8. The Balaban J connectivity index is 0. The van der Waals surface area contributed by atoms with Crippen LogP contribution in [0.25, 0.3) is 0 Å². The zero-order valence-electron chi connectivity index (χ0n) is 17.4. The van der Waals surface area contributed by atoms with Crippen LogP contribution < -0.4 is 5.32 Å². The van der Waals surface area contributed by atoms with Crippen LogP contribution in [0, 0.1) is 17.8 Å². The van der Waals surface area contributed by atoms with Crippen molar-refractivity contribution >= 4 is 5.91 Å². The number of carbonyl (C=O) groups is 1. The van der Waals surface area contributed by atoms with Gasteiger partial charge in [-0.2, -0.15) is 0 Å². The predicted octanol–water partition coefficient (Wildman–Crippen LogP) is -0.364. The minimum atomic E-state index is -0.876. The lowest BCUT2D eigenvalue weighted by Gasteiger charge is -2.16. The van der Waals surface area contributed by atoms with Crippen molar-refractivity contribution in [1.29, 1.82) is 0 Å². The van der Waals surface area contributed by atoms with Gasteiger partial charge in [-0.3, -0.25) is 4.79 Å². The van der Waals surface area contributed by atoms with Crippen molar-refractivity contribution in [2.24, 2.45) is 17.8 Å². The molecule has 8 nitrogen and oxygen atoms in total. The van der Waals surface area contributed by atoms with E-state index in [9.17, 15) is 15.0 Å². The lowest BCUT2D eigenvalue weighted by atomic mass is 10.0. The zero-order chi connectivity index (χ0) is 21.6. The van der Waals surface area contributed by atoms with E-state index in [0.29, 0.717) is 19.4 Å². The fourth-order valence-electron chi connectivity index (χ4n) is 3.13. The van der Waals surface area contributed by atoms with Crippen LogP contribution in [-0.4, -0.2) is 80.7 Å². The number of nitrogens with one attached hydrogen (secondary N) is 1. The second kappa shape index (κ2) is 16.2. The number of rotatable bonds is 4. The molecule has 0 radical (unpaired) electrons. The first-order valence-electron chi connectivity index (χ1n) is 10.00. The normalized spacial score (nSPS) is 34.3. The summed E-state index contributed by atoms with van der Waals surface area (Å²) in [7, 11) is 0. The van der Waals surface area contributed by atoms with Gasteiger partial charge in [0, 0.05) is 44.4 Å². The summed E-state index contributed by atoms with van der Waals surface area (Å²) in [4.78, 5) is 10.6. The maximum Gasteiger partial charge on any atom is 0.216 e. The van der Waals surface area contributed by atoms with Gasteiger partial charge in [0.2, 0.25) is 5.91 Å². The van der Waals surface area contributed by atoms with Gasteiger partial charge in [0.05, 0.1) is 24.4 Å². The molecule has 2 rings (SSSR count). The Labute approximate surface area is 163 Å². The van der Waals surface area contributed by atoms with Crippen LogP contribution in [0.15, 0.2) is 0 Å². The van der Waals surface area contributed by atoms with Gasteiger partial charge in [-0.15, -0.1) is 0 Å². The number of aliphatic hydroxyl groups is 6. The molecule has 27 heavy (non-hydrogen) atoms. The SMILES string of the molecule is CC.CC.CC(=O)NC[C@H]1C[C@H](CO)[C@H](O)[C@@H]1O.OC[C@H]1CC[C@@H](O)[C@H]1O. The van der Waals surface area contributed by atoms with E-state index >= 15 is 0 Å². The van der Waals surface area contributed by atoms with Gasteiger partial charge < -0.3 is 36.0 Å². The van der Waals surface area contributed by atoms with Crippen molar-refractivity contribution in [3.63, 3.8) is 0 Å². The highest BCUT2D eigenvalue weighted by molar-refractivity contribution is 5.72. The highest BCUT2D eigenvalue weighted by atomic mass is 16.3. The number of amides is 1. The minimum Gasteiger partial charge on any atom is -0.396 e. The second-order valence-corrected chi connectivity index (χ2v) is 6.43. The van der Waals surface area contributed by atoms with E-state index in [-0.39, 0.29) is 36.9 Å². The van der Waals surface area contributed by atoms with Crippen LogP contribution in [0.4, 0.5) is 0 Å². The Bertz CT molecular complexity index is 370. The van der Waals surface area contributed by atoms with E-state index < -0.39 is 24.4 Å². The molecule has 0 bridgehead atoms. The fraction of sp³-hybridized carbons (Fsp3) is 0.947. The number of carbonyl (C=O) groups excluding carboxylic acids is 1. The summed E-state index contributed by atoms with van der Waals surface area (Å²) in [5.41, 5.74) is 0. The van der Waals surface area contributed by atoms with Crippen molar-refractivity contribution in [2.75, 3.05) is 19.8 Å². The van der Waals surface area contributed by atoms with Crippen molar-refractivity contribution in [3.05, 3.63) is 0 Å². The summed E-state index contributed by atoms with van der Waals surface area (Å²) in [5, 5.41) is 57.1. The van der Waals surface area contributed by atoms with E-state index in [0.717, 1.165) is 6.42 Å². The van der Waals surface area contributed by atoms with Crippen molar-refractivity contribution in [1.82, 2.24) is 5.32 Å². The maximum absolute atomic E-state index is 10.6. The molecule has 0 aromatic heterocycles. The standard InChI is InChI=1S/C9H17NO4.C6H12O3.2C2H6/c1-5(12)10-3-6-2-7(4-11)9(14)8(6)13;7-3-4-1-2-5(8)6(4)9;2*1-2/h6-9,11,13-14H,2-4H2,1H3,(H,10,12);4-9H,1-3H2;2*1-2H3/t6-,7-,8-,9+;4-,5-,6+;;/m11../s1. The van der Waals surface area contributed by atoms with Crippen LogP contribution in [0.3, 0.4) is 0 Å². The first kappa shape index (κ1) is 28.4. The number of hydrogen-bond acceptors (Lipinski definition) is 7. The third-order valence-corrected chi connectivity index (χ3v) is 4.71. The average molecular weight is 396 g/mol. The molecule has 1 amide bonds. The smallest absolute Gasteiger partial charge is 0.216 e. The van der Waals surface area contributed by atoms with Gasteiger partial charge >= 0.3 is 0 Å². The van der Waals surface area contributed by atoms with E-state index in [1.54, 1.807) is 0 Å². The Kier molecular flexibility index (Phi) is 17.1. The first-order valence-corrected chi connectivity index (χ1v) is 10.00. The number of aliphatic hydroxyl groups excluding tert-OH is 6. The molecule has 8 heteroatoms. The van der Waals surface area contributed by atoms with E-state index in [1.165, 1.54) is 6.92 Å². The van der Waals surface area contributed by atoms with E-state index in [2.05, 4.69) is 5.32 Å². The van der Waals surface area contributed by atoms with E-state index in [4.69, 9.17) is 20.4 Å². The number of hydrogen-bond donors (Lipinski definition) is 7. The monoisotopic (exact) mass is 395 g/mol. The van der Waals surface area contributed by atoms with Crippen molar-refractivity contribution < 1.29 is 35.4 Å². The predicted molar refractivity (Wildman–Crippen MR) is 104 cm³/mol. The molecule has 2 aliphatic carbocycles. The molecular formula is C19H41NO7.